The third-order valence-electron chi connectivity index (χ3n) is 5.54. The van der Waals surface area contributed by atoms with Gasteiger partial charge in [0.05, 0.1) is 11.7 Å². The van der Waals surface area contributed by atoms with Gasteiger partial charge in [-0.05, 0) is 74.1 Å². The molecule has 1 aliphatic heterocycles. The second-order valence-corrected chi connectivity index (χ2v) is 8.62. The minimum Gasteiger partial charge on any atom is -0.361 e. The van der Waals surface area contributed by atoms with E-state index in [9.17, 15) is 4.79 Å². The first-order chi connectivity index (χ1) is 14.8. The number of nitrogens with zero attached hydrogens (tertiary/aromatic N) is 2. The quantitative estimate of drug-likeness (QED) is 0.504. The fourth-order valence-corrected chi connectivity index (χ4v) is 4.21. The number of H-pyrrole nitrogens is 1. The number of hydrogen-bond donors (Lipinski definition) is 3. The number of anilines is 2. The van der Waals surface area contributed by atoms with E-state index >= 15 is 0 Å². The Bertz CT molecular complexity index is 1110. The summed E-state index contributed by atoms with van der Waals surface area (Å²) in [7, 11) is 0. The number of aryl methyl sites for hydroxylation is 2. The average molecular weight is 434 g/mol. The Morgan fingerprint density at radius 1 is 1.16 bits per heavy atom. The lowest BCUT2D eigenvalue weighted by Crippen LogP contribution is -2.29. The zero-order chi connectivity index (χ0) is 22.1. The molecule has 1 fully saturated rings. The van der Waals surface area contributed by atoms with Crippen molar-refractivity contribution in [2.45, 2.75) is 39.8 Å². The largest absolute Gasteiger partial charge is 0.361 e. The molecule has 4 rings (SSSR count). The Kier molecular flexibility index (Phi) is 5.78. The number of carbonyl (C=O) groups is 1. The SMILES string of the molecule is Cc1ccc(C2C(c3ccccn3)NC(=S)N2c2ccc(NC(=O)C(C)C)c(C)c2)[nH]1. The van der Waals surface area contributed by atoms with Crippen LogP contribution >= 0.6 is 12.2 Å². The van der Waals surface area contributed by atoms with E-state index in [1.807, 2.05) is 58.0 Å². The molecule has 0 spiro atoms. The predicted octanol–water partition coefficient (Wildman–Crippen LogP) is 4.80. The molecule has 0 aliphatic carbocycles. The highest BCUT2D eigenvalue weighted by Crippen LogP contribution is 2.41. The van der Waals surface area contributed by atoms with Crippen molar-refractivity contribution in [1.82, 2.24) is 15.3 Å². The molecule has 1 aliphatic rings. The maximum Gasteiger partial charge on any atom is 0.226 e. The van der Waals surface area contributed by atoms with Gasteiger partial charge in [0.15, 0.2) is 5.11 Å². The number of aromatic amines is 1. The van der Waals surface area contributed by atoms with Crippen LogP contribution in [0.1, 0.15) is 48.6 Å². The van der Waals surface area contributed by atoms with E-state index in [-0.39, 0.29) is 23.9 Å². The molecule has 1 saturated heterocycles. The van der Waals surface area contributed by atoms with Crippen molar-refractivity contribution in [1.29, 1.82) is 0 Å². The second-order valence-electron chi connectivity index (χ2n) is 8.24. The monoisotopic (exact) mass is 433 g/mol. The molecule has 0 bridgehead atoms. The zero-order valence-corrected chi connectivity index (χ0v) is 19.0. The highest BCUT2D eigenvalue weighted by atomic mass is 32.1. The van der Waals surface area contributed by atoms with Gasteiger partial charge >= 0.3 is 0 Å². The molecule has 2 unspecified atom stereocenters. The first kappa shape index (κ1) is 21.1. The molecule has 1 aromatic carbocycles. The Hall–Kier alpha value is -3.19. The Morgan fingerprint density at radius 3 is 2.58 bits per heavy atom. The van der Waals surface area contributed by atoms with Crippen LogP contribution in [-0.2, 0) is 4.79 Å². The van der Waals surface area contributed by atoms with Crippen LogP contribution in [0.15, 0.2) is 54.7 Å². The lowest BCUT2D eigenvalue weighted by atomic mass is 10.0. The predicted molar refractivity (Wildman–Crippen MR) is 128 cm³/mol. The normalized spacial score (nSPS) is 18.4. The summed E-state index contributed by atoms with van der Waals surface area (Å²) in [6.07, 6.45) is 1.80. The van der Waals surface area contributed by atoms with Gasteiger partial charge in [-0.3, -0.25) is 9.78 Å². The van der Waals surface area contributed by atoms with Gasteiger partial charge in [0.2, 0.25) is 5.91 Å². The number of pyridine rings is 1. The number of benzene rings is 1. The van der Waals surface area contributed by atoms with Crippen molar-refractivity contribution in [3.63, 3.8) is 0 Å². The summed E-state index contributed by atoms with van der Waals surface area (Å²) in [6, 6.07) is 15.9. The lowest BCUT2D eigenvalue weighted by Gasteiger charge is -2.27. The van der Waals surface area contributed by atoms with E-state index in [4.69, 9.17) is 12.2 Å². The number of nitrogens with one attached hydrogen (secondary N) is 3. The van der Waals surface area contributed by atoms with Gasteiger partial charge in [-0.15, -0.1) is 0 Å². The first-order valence-corrected chi connectivity index (χ1v) is 10.8. The molecule has 31 heavy (non-hydrogen) atoms. The summed E-state index contributed by atoms with van der Waals surface area (Å²) in [4.78, 5) is 22.3. The number of thiocarbonyl (C=S) groups is 1. The van der Waals surface area contributed by atoms with E-state index in [2.05, 4.69) is 43.7 Å². The zero-order valence-electron chi connectivity index (χ0n) is 18.1. The summed E-state index contributed by atoms with van der Waals surface area (Å²) >= 11 is 5.77. The smallest absolute Gasteiger partial charge is 0.226 e. The van der Waals surface area contributed by atoms with Crippen molar-refractivity contribution in [2.24, 2.45) is 5.92 Å². The summed E-state index contributed by atoms with van der Waals surface area (Å²) in [6.45, 7) is 7.80. The number of carbonyl (C=O) groups excluding carboxylic acids is 1. The number of amides is 1. The van der Waals surface area contributed by atoms with Crippen LogP contribution in [0, 0.1) is 19.8 Å². The second kappa shape index (κ2) is 8.51. The Labute approximate surface area is 188 Å². The molecular weight excluding hydrogens is 406 g/mol. The maximum absolute atomic E-state index is 12.1. The van der Waals surface area contributed by atoms with Gasteiger partial charge in [-0.2, -0.15) is 0 Å². The molecule has 3 heterocycles. The van der Waals surface area contributed by atoms with Gasteiger partial charge in [0, 0.05) is 34.9 Å². The number of aromatic nitrogens is 2. The molecule has 6 nitrogen and oxygen atoms in total. The minimum atomic E-state index is -0.0904. The summed E-state index contributed by atoms with van der Waals surface area (Å²) < 4.78 is 0. The molecular formula is C24H27N5OS. The van der Waals surface area contributed by atoms with E-state index in [0.29, 0.717) is 5.11 Å². The molecule has 1 amide bonds. The minimum absolute atomic E-state index is 0.00385. The van der Waals surface area contributed by atoms with Gasteiger partial charge in [0.1, 0.15) is 6.04 Å². The van der Waals surface area contributed by atoms with E-state index in [1.165, 1.54) is 0 Å². The van der Waals surface area contributed by atoms with Gasteiger partial charge < -0.3 is 20.5 Å². The molecule has 160 valence electrons. The molecule has 0 saturated carbocycles. The third-order valence-corrected chi connectivity index (χ3v) is 5.86. The Morgan fingerprint density at radius 2 is 1.97 bits per heavy atom. The van der Waals surface area contributed by atoms with Crippen LogP contribution in [0.5, 0.6) is 0 Å². The summed E-state index contributed by atoms with van der Waals surface area (Å²) in [5, 5.41) is 7.11. The van der Waals surface area contributed by atoms with Crippen molar-refractivity contribution < 1.29 is 4.79 Å². The van der Waals surface area contributed by atoms with E-state index in [0.717, 1.165) is 34.0 Å². The standard InChI is InChI=1S/C24H27N5OS/c1-14(2)23(30)27-18-11-9-17(13-15(18)3)29-22(20-10-8-16(4)26-20)21(28-24(29)31)19-7-5-6-12-25-19/h5-14,21-22,26H,1-4H3,(H,27,30)(H,28,31). The van der Waals surface area contributed by atoms with Crippen LogP contribution in [0.4, 0.5) is 11.4 Å². The average Bonchev–Trinajstić information content (AvgIpc) is 3.32. The molecule has 3 N–H and O–H groups in total. The van der Waals surface area contributed by atoms with Crippen LogP contribution in [0.2, 0.25) is 0 Å². The highest BCUT2D eigenvalue weighted by molar-refractivity contribution is 7.80. The molecule has 2 aromatic heterocycles. The third kappa shape index (κ3) is 4.18. The van der Waals surface area contributed by atoms with Crippen LogP contribution in [0.25, 0.3) is 0 Å². The first-order valence-electron chi connectivity index (χ1n) is 10.4. The van der Waals surface area contributed by atoms with Gasteiger partial charge in [-0.1, -0.05) is 19.9 Å². The van der Waals surface area contributed by atoms with Crippen LogP contribution < -0.4 is 15.5 Å². The molecule has 7 heteroatoms. The van der Waals surface area contributed by atoms with Gasteiger partial charge in [-0.25, -0.2) is 0 Å². The van der Waals surface area contributed by atoms with Gasteiger partial charge in [0.25, 0.3) is 0 Å². The lowest BCUT2D eigenvalue weighted by molar-refractivity contribution is -0.118. The number of hydrogen-bond acceptors (Lipinski definition) is 3. The van der Waals surface area contributed by atoms with E-state index < -0.39 is 0 Å². The fraction of sp³-hybridized carbons (Fsp3) is 0.292. The van der Waals surface area contributed by atoms with E-state index in [1.54, 1.807) is 6.20 Å². The van der Waals surface area contributed by atoms with Crippen LogP contribution in [0.3, 0.4) is 0 Å². The fourth-order valence-electron chi connectivity index (χ4n) is 3.86. The van der Waals surface area contributed by atoms with Crippen molar-refractivity contribution in [3.05, 3.63) is 77.4 Å². The molecule has 0 radical (unpaired) electrons. The summed E-state index contributed by atoms with van der Waals surface area (Å²) in [5.41, 5.74) is 5.85. The summed E-state index contributed by atoms with van der Waals surface area (Å²) in [5.74, 6) is -0.0711. The van der Waals surface area contributed by atoms with Crippen molar-refractivity contribution >= 4 is 34.6 Å². The molecule has 3 aromatic rings. The highest BCUT2D eigenvalue weighted by Gasteiger charge is 2.41. The van der Waals surface area contributed by atoms with Crippen molar-refractivity contribution in [2.75, 3.05) is 10.2 Å². The topological polar surface area (TPSA) is 73.1 Å². The maximum atomic E-state index is 12.1. The van der Waals surface area contributed by atoms with Crippen molar-refractivity contribution in [3.8, 4) is 0 Å². The number of rotatable bonds is 5. The Balaban J connectivity index is 1.73. The molecule has 2 atom stereocenters. The van der Waals surface area contributed by atoms with Crippen LogP contribution in [-0.4, -0.2) is 21.0 Å².